The SMILES string of the molecule is CO.COc1cccc(F)c1. The lowest BCUT2D eigenvalue weighted by Crippen LogP contribution is -1.81. The standard InChI is InChI=1S/C7H7FO.CH4O/c1-9-7-4-2-3-6(8)5-7;1-2/h2-5H,1H3;2H,1H3. The van der Waals surface area contributed by atoms with Crippen molar-refractivity contribution >= 4 is 0 Å². The van der Waals surface area contributed by atoms with Crippen LogP contribution in [0.25, 0.3) is 0 Å². The van der Waals surface area contributed by atoms with Gasteiger partial charge in [-0.1, -0.05) is 6.07 Å². The first-order chi connectivity index (χ1) is 5.33. The highest BCUT2D eigenvalue weighted by Gasteiger charge is 1.90. The van der Waals surface area contributed by atoms with Crippen LogP contribution in [0.2, 0.25) is 0 Å². The lowest BCUT2D eigenvalue weighted by molar-refractivity contribution is 0.399. The van der Waals surface area contributed by atoms with Gasteiger partial charge in [0.05, 0.1) is 7.11 Å². The minimum atomic E-state index is -0.269. The lowest BCUT2D eigenvalue weighted by atomic mass is 10.3. The van der Waals surface area contributed by atoms with Crippen LogP contribution < -0.4 is 4.74 Å². The first-order valence-electron chi connectivity index (χ1n) is 3.07. The third-order valence-electron chi connectivity index (χ3n) is 1.03. The van der Waals surface area contributed by atoms with Crippen molar-refractivity contribution in [2.75, 3.05) is 14.2 Å². The highest BCUT2D eigenvalue weighted by Crippen LogP contribution is 2.09. The summed E-state index contributed by atoms with van der Waals surface area (Å²) < 4.78 is 17.0. The Morgan fingerprint density at radius 2 is 2.00 bits per heavy atom. The van der Waals surface area contributed by atoms with Gasteiger partial charge < -0.3 is 9.84 Å². The van der Waals surface area contributed by atoms with Crippen LogP contribution in [0.15, 0.2) is 24.3 Å². The Balaban J connectivity index is 0.000000461. The Bertz CT molecular complexity index is 201. The van der Waals surface area contributed by atoms with Gasteiger partial charge in [0.1, 0.15) is 11.6 Å². The number of benzene rings is 1. The summed E-state index contributed by atoms with van der Waals surface area (Å²) in [5.74, 6) is 0.282. The summed E-state index contributed by atoms with van der Waals surface area (Å²) in [5.41, 5.74) is 0. The number of aliphatic hydroxyl groups excluding tert-OH is 1. The molecule has 1 N–H and O–H groups in total. The highest BCUT2D eigenvalue weighted by atomic mass is 19.1. The summed E-state index contributed by atoms with van der Waals surface area (Å²) in [6, 6.07) is 6.01. The fourth-order valence-electron chi connectivity index (χ4n) is 0.594. The van der Waals surface area contributed by atoms with Crippen molar-refractivity contribution in [2.24, 2.45) is 0 Å². The summed E-state index contributed by atoms with van der Waals surface area (Å²) in [4.78, 5) is 0. The van der Waals surface area contributed by atoms with E-state index < -0.39 is 0 Å². The van der Waals surface area contributed by atoms with E-state index in [-0.39, 0.29) is 5.82 Å². The molecule has 0 bridgehead atoms. The molecule has 3 heteroatoms. The molecule has 0 unspecified atom stereocenters. The van der Waals surface area contributed by atoms with E-state index in [1.165, 1.54) is 19.2 Å². The van der Waals surface area contributed by atoms with Crippen LogP contribution >= 0.6 is 0 Å². The molecule has 0 saturated heterocycles. The van der Waals surface area contributed by atoms with Crippen molar-refractivity contribution in [1.29, 1.82) is 0 Å². The number of aliphatic hydroxyl groups is 1. The van der Waals surface area contributed by atoms with Gasteiger partial charge >= 0.3 is 0 Å². The summed E-state index contributed by atoms with van der Waals surface area (Å²) in [7, 11) is 2.51. The zero-order chi connectivity index (χ0) is 8.69. The van der Waals surface area contributed by atoms with Crippen molar-refractivity contribution in [3.63, 3.8) is 0 Å². The summed E-state index contributed by atoms with van der Waals surface area (Å²) >= 11 is 0. The number of rotatable bonds is 1. The average molecular weight is 158 g/mol. The van der Waals surface area contributed by atoms with Gasteiger partial charge in [-0.05, 0) is 12.1 Å². The van der Waals surface area contributed by atoms with Crippen molar-refractivity contribution in [3.05, 3.63) is 30.1 Å². The van der Waals surface area contributed by atoms with Crippen molar-refractivity contribution in [3.8, 4) is 5.75 Å². The average Bonchev–Trinajstić information content (AvgIpc) is 2.08. The molecule has 62 valence electrons. The second kappa shape index (κ2) is 5.68. The molecule has 0 heterocycles. The molecule has 0 fully saturated rings. The van der Waals surface area contributed by atoms with Crippen LogP contribution in [-0.2, 0) is 0 Å². The van der Waals surface area contributed by atoms with E-state index in [1.54, 1.807) is 12.1 Å². The number of hydrogen-bond acceptors (Lipinski definition) is 2. The van der Waals surface area contributed by atoms with E-state index in [9.17, 15) is 4.39 Å². The molecule has 2 nitrogen and oxygen atoms in total. The third kappa shape index (κ3) is 3.57. The summed E-state index contributed by atoms with van der Waals surface area (Å²) in [6.07, 6.45) is 0. The predicted molar refractivity (Wildman–Crippen MR) is 41.1 cm³/mol. The number of ether oxygens (including phenoxy) is 1. The maximum Gasteiger partial charge on any atom is 0.126 e. The number of halogens is 1. The van der Waals surface area contributed by atoms with Gasteiger partial charge in [-0.25, -0.2) is 4.39 Å². The van der Waals surface area contributed by atoms with Gasteiger partial charge in [-0.3, -0.25) is 0 Å². The van der Waals surface area contributed by atoms with Gasteiger partial charge in [0.2, 0.25) is 0 Å². The van der Waals surface area contributed by atoms with Crippen LogP contribution in [0.5, 0.6) is 5.75 Å². The van der Waals surface area contributed by atoms with Gasteiger partial charge in [-0.2, -0.15) is 0 Å². The Morgan fingerprint density at radius 3 is 2.36 bits per heavy atom. The molecular formula is C8H11FO2. The first-order valence-corrected chi connectivity index (χ1v) is 3.07. The quantitative estimate of drug-likeness (QED) is 0.670. The van der Waals surface area contributed by atoms with E-state index in [0.29, 0.717) is 5.75 Å². The van der Waals surface area contributed by atoms with Gasteiger partial charge in [0.25, 0.3) is 0 Å². The highest BCUT2D eigenvalue weighted by molar-refractivity contribution is 5.21. The first kappa shape index (κ1) is 9.91. The molecule has 0 radical (unpaired) electrons. The second-order valence-electron chi connectivity index (χ2n) is 1.66. The molecular weight excluding hydrogens is 147 g/mol. The Hall–Kier alpha value is -1.09. The fourth-order valence-corrected chi connectivity index (χ4v) is 0.594. The molecule has 0 aliphatic carbocycles. The van der Waals surface area contributed by atoms with Gasteiger partial charge in [0.15, 0.2) is 0 Å². The lowest BCUT2D eigenvalue weighted by Gasteiger charge is -1.95. The van der Waals surface area contributed by atoms with Crippen molar-refractivity contribution < 1.29 is 14.2 Å². The smallest absolute Gasteiger partial charge is 0.126 e. The molecule has 0 amide bonds. The van der Waals surface area contributed by atoms with Crippen LogP contribution in [0.4, 0.5) is 4.39 Å². The Labute approximate surface area is 65.2 Å². The maximum atomic E-state index is 12.3. The monoisotopic (exact) mass is 158 g/mol. The number of hydrogen-bond donors (Lipinski definition) is 1. The van der Waals surface area contributed by atoms with E-state index in [2.05, 4.69) is 0 Å². The zero-order valence-electron chi connectivity index (χ0n) is 6.54. The minimum Gasteiger partial charge on any atom is -0.497 e. The Morgan fingerprint density at radius 1 is 1.36 bits per heavy atom. The predicted octanol–water partition coefficient (Wildman–Crippen LogP) is 1.44. The molecule has 0 saturated carbocycles. The molecule has 1 aromatic rings. The van der Waals surface area contributed by atoms with Gasteiger partial charge in [-0.15, -0.1) is 0 Å². The van der Waals surface area contributed by atoms with Gasteiger partial charge in [0, 0.05) is 13.2 Å². The molecule has 0 atom stereocenters. The van der Waals surface area contributed by atoms with E-state index in [4.69, 9.17) is 9.84 Å². The third-order valence-corrected chi connectivity index (χ3v) is 1.03. The van der Waals surface area contributed by atoms with Crippen LogP contribution in [0, 0.1) is 5.82 Å². The molecule has 0 aliphatic rings. The molecule has 11 heavy (non-hydrogen) atoms. The zero-order valence-corrected chi connectivity index (χ0v) is 6.54. The fraction of sp³-hybridized carbons (Fsp3) is 0.250. The van der Waals surface area contributed by atoms with E-state index in [0.717, 1.165) is 7.11 Å². The van der Waals surface area contributed by atoms with Crippen LogP contribution in [-0.4, -0.2) is 19.3 Å². The minimum absolute atomic E-state index is 0.269. The van der Waals surface area contributed by atoms with Crippen LogP contribution in [0.3, 0.4) is 0 Å². The number of methoxy groups -OCH3 is 1. The van der Waals surface area contributed by atoms with Crippen LogP contribution in [0.1, 0.15) is 0 Å². The summed E-state index contributed by atoms with van der Waals surface area (Å²) in [6.45, 7) is 0. The van der Waals surface area contributed by atoms with Crippen molar-refractivity contribution in [1.82, 2.24) is 0 Å². The molecule has 0 aliphatic heterocycles. The maximum absolute atomic E-state index is 12.3. The molecule has 0 spiro atoms. The normalized spacial score (nSPS) is 8.00. The van der Waals surface area contributed by atoms with Crippen molar-refractivity contribution in [2.45, 2.75) is 0 Å². The molecule has 0 aromatic heterocycles. The molecule has 1 rings (SSSR count). The summed E-state index contributed by atoms with van der Waals surface area (Å²) in [5, 5.41) is 7.00. The van der Waals surface area contributed by atoms with E-state index >= 15 is 0 Å². The second-order valence-corrected chi connectivity index (χ2v) is 1.66. The Kier molecular flexibility index (Phi) is 5.11. The molecule has 1 aromatic carbocycles. The topological polar surface area (TPSA) is 29.5 Å². The van der Waals surface area contributed by atoms with E-state index in [1.807, 2.05) is 0 Å². The largest absolute Gasteiger partial charge is 0.497 e.